The van der Waals surface area contributed by atoms with Crippen LogP contribution in [0.15, 0.2) is 59.5 Å². The maximum Gasteiger partial charge on any atom is 0.314 e. The minimum absolute atomic E-state index is 0.182. The van der Waals surface area contributed by atoms with Gasteiger partial charge in [0.25, 0.3) is 5.89 Å². The zero-order valence-corrected chi connectivity index (χ0v) is 13.8. The van der Waals surface area contributed by atoms with Gasteiger partial charge in [0.05, 0.1) is 0 Å². The third kappa shape index (κ3) is 3.57. The van der Waals surface area contributed by atoms with Crippen LogP contribution in [0.4, 0.5) is 13.2 Å². The molecule has 0 aliphatic rings. The van der Waals surface area contributed by atoms with Crippen LogP contribution in [0.5, 0.6) is 0 Å². The van der Waals surface area contributed by atoms with Gasteiger partial charge < -0.3 is 8.98 Å². The molecular formula is C18H12F3N5O. The van der Waals surface area contributed by atoms with E-state index in [1.54, 1.807) is 30.9 Å². The normalized spacial score (nSPS) is 11.3. The summed E-state index contributed by atoms with van der Waals surface area (Å²) in [5.41, 5.74) is 1.66. The largest absolute Gasteiger partial charge is 0.415 e. The molecule has 0 amide bonds. The Kier molecular flexibility index (Phi) is 4.41. The van der Waals surface area contributed by atoms with Crippen LogP contribution in [-0.2, 0) is 6.54 Å². The molecule has 3 heterocycles. The summed E-state index contributed by atoms with van der Waals surface area (Å²) in [4.78, 5) is 8.26. The van der Waals surface area contributed by atoms with Gasteiger partial charge in [0.1, 0.15) is 11.6 Å². The SMILES string of the molecule is Fc1cc(-c2nnc(C(F)F)o2)cc(-c2nccn2Cc2ccncc2)c1. The first-order valence-corrected chi connectivity index (χ1v) is 7.93. The molecule has 6 nitrogen and oxygen atoms in total. The van der Waals surface area contributed by atoms with E-state index in [2.05, 4.69) is 20.2 Å². The smallest absolute Gasteiger partial charge is 0.314 e. The number of rotatable bonds is 5. The third-order valence-electron chi connectivity index (χ3n) is 3.85. The number of imidazole rings is 1. The zero-order valence-electron chi connectivity index (χ0n) is 13.8. The molecule has 3 aromatic heterocycles. The highest BCUT2D eigenvalue weighted by atomic mass is 19.3. The van der Waals surface area contributed by atoms with E-state index < -0.39 is 18.1 Å². The molecule has 0 aliphatic heterocycles. The summed E-state index contributed by atoms with van der Waals surface area (Å²) in [6, 6.07) is 7.75. The number of aromatic nitrogens is 5. The Morgan fingerprint density at radius 3 is 2.52 bits per heavy atom. The molecule has 1 aromatic carbocycles. The van der Waals surface area contributed by atoms with Crippen LogP contribution < -0.4 is 0 Å². The van der Waals surface area contributed by atoms with Crippen LogP contribution >= 0.6 is 0 Å². The van der Waals surface area contributed by atoms with Gasteiger partial charge in [0.2, 0.25) is 5.89 Å². The van der Waals surface area contributed by atoms with Crippen LogP contribution in [-0.4, -0.2) is 24.7 Å². The molecule has 0 aliphatic carbocycles. The maximum absolute atomic E-state index is 14.1. The molecule has 0 radical (unpaired) electrons. The minimum Gasteiger partial charge on any atom is -0.415 e. The molecule has 0 fully saturated rings. The number of benzene rings is 1. The lowest BCUT2D eigenvalue weighted by atomic mass is 10.1. The molecule has 0 saturated carbocycles. The first kappa shape index (κ1) is 17.0. The van der Waals surface area contributed by atoms with E-state index in [1.807, 2.05) is 16.7 Å². The maximum atomic E-state index is 14.1. The summed E-state index contributed by atoms with van der Waals surface area (Å²) in [7, 11) is 0. The summed E-state index contributed by atoms with van der Waals surface area (Å²) in [5, 5.41) is 6.84. The Morgan fingerprint density at radius 1 is 1.00 bits per heavy atom. The van der Waals surface area contributed by atoms with E-state index in [9.17, 15) is 13.2 Å². The molecule has 4 rings (SSSR count). The Labute approximate surface area is 151 Å². The summed E-state index contributed by atoms with van der Waals surface area (Å²) in [6.07, 6.45) is 3.84. The van der Waals surface area contributed by atoms with Crippen molar-refractivity contribution in [1.29, 1.82) is 0 Å². The second kappa shape index (κ2) is 7.02. The van der Waals surface area contributed by atoms with E-state index in [0.29, 0.717) is 17.9 Å². The zero-order chi connectivity index (χ0) is 18.8. The van der Waals surface area contributed by atoms with Gasteiger partial charge in [0.15, 0.2) is 0 Å². The average Bonchev–Trinajstić information content (AvgIpc) is 3.32. The lowest BCUT2D eigenvalue weighted by Gasteiger charge is -2.09. The van der Waals surface area contributed by atoms with Crippen molar-refractivity contribution in [3.63, 3.8) is 0 Å². The lowest BCUT2D eigenvalue weighted by molar-refractivity contribution is 0.116. The third-order valence-corrected chi connectivity index (χ3v) is 3.85. The van der Waals surface area contributed by atoms with Gasteiger partial charge in [-0.15, -0.1) is 10.2 Å². The molecule has 0 bridgehead atoms. The van der Waals surface area contributed by atoms with Crippen molar-refractivity contribution in [2.75, 3.05) is 0 Å². The first-order chi connectivity index (χ1) is 13.1. The number of halogens is 3. The molecular weight excluding hydrogens is 359 g/mol. The van der Waals surface area contributed by atoms with Gasteiger partial charge in [-0.05, 0) is 35.9 Å². The number of alkyl halides is 2. The second-order valence-electron chi connectivity index (χ2n) is 5.71. The molecule has 4 aromatic rings. The van der Waals surface area contributed by atoms with E-state index in [-0.39, 0.29) is 11.5 Å². The van der Waals surface area contributed by atoms with Crippen LogP contribution in [0.3, 0.4) is 0 Å². The monoisotopic (exact) mass is 371 g/mol. The van der Waals surface area contributed by atoms with Gasteiger partial charge in [-0.25, -0.2) is 9.37 Å². The van der Waals surface area contributed by atoms with Crippen molar-refractivity contribution in [2.45, 2.75) is 13.0 Å². The van der Waals surface area contributed by atoms with E-state index in [1.165, 1.54) is 6.07 Å². The van der Waals surface area contributed by atoms with Crippen LogP contribution in [0.25, 0.3) is 22.8 Å². The Morgan fingerprint density at radius 2 is 1.78 bits per heavy atom. The highest BCUT2D eigenvalue weighted by Crippen LogP contribution is 2.28. The summed E-state index contributed by atoms with van der Waals surface area (Å²) in [6.45, 7) is 0.514. The fourth-order valence-electron chi connectivity index (χ4n) is 2.66. The molecule has 9 heteroatoms. The van der Waals surface area contributed by atoms with Crippen molar-refractivity contribution in [1.82, 2.24) is 24.7 Å². The van der Waals surface area contributed by atoms with Gasteiger partial charge in [0, 0.05) is 42.5 Å². The standard InChI is InChI=1S/C18H12F3N5O/c19-14-8-12(7-13(9-14)17-24-25-18(27-17)15(20)21)16-23-5-6-26(16)10-11-1-3-22-4-2-11/h1-9,15H,10H2. The van der Waals surface area contributed by atoms with E-state index in [0.717, 1.165) is 11.6 Å². The molecule has 0 atom stereocenters. The quantitative estimate of drug-likeness (QED) is 0.528. The fraction of sp³-hybridized carbons (Fsp3) is 0.111. The molecule has 0 spiro atoms. The lowest BCUT2D eigenvalue weighted by Crippen LogP contribution is -2.01. The van der Waals surface area contributed by atoms with Crippen molar-refractivity contribution < 1.29 is 17.6 Å². The topological polar surface area (TPSA) is 69.6 Å². The number of hydrogen-bond acceptors (Lipinski definition) is 5. The first-order valence-electron chi connectivity index (χ1n) is 7.93. The number of nitrogens with zero attached hydrogens (tertiary/aromatic N) is 5. The molecule has 0 N–H and O–H groups in total. The molecule has 136 valence electrons. The van der Waals surface area contributed by atoms with E-state index in [4.69, 9.17) is 4.42 Å². The van der Waals surface area contributed by atoms with Crippen molar-refractivity contribution in [2.24, 2.45) is 0 Å². The summed E-state index contributed by atoms with van der Waals surface area (Å²) >= 11 is 0. The van der Waals surface area contributed by atoms with Gasteiger partial charge in [-0.3, -0.25) is 4.98 Å². The molecule has 0 unspecified atom stereocenters. The molecule has 27 heavy (non-hydrogen) atoms. The van der Waals surface area contributed by atoms with Gasteiger partial charge in [-0.1, -0.05) is 0 Å². The number of hydrogen-bond donors (Lipinski definition) is 0. The predicted octanol–water partition coefficient (Wildman–Crippen LogP) is 4.12. The van der Waals surface area contributed by atoms with Crippen LogP contribution in [0.2, 0.25) is 0 Å². The van der Waals surface area contributed by atoms with E-state index >= 15 is 0 Å². The summed E-state index contributed by atoms with van der Waals surface area (Å²) < 4.78 is 46.2. The van der Waals surface area contributed by atoms with Crippen LogP contribution in [0, 0.1) is 5.82 Å². The van der Waals surface area contributed by atoms with Crippen molar-refractivity contribution in [3.8, 4) is 22.8 Å². The van der Waals surface area contributed by atoms with Gasteiger partial charge >= 0.3 is 6.43 Å². The second-order valence-corrected chi connectivity index (χ2v) is 5.71. The minimum atomic E-state index is -2.89. The molecule has 0 saturated heterocycles. The highest BCUT2D eigenvalue weighted by molar-refractivity contribution is 5.65. The van der Waals surface area contributed by atoms with Crippen molar-refractivity contribution in [3.05, 3.63) is 72.4 Å². The van der Waals surface area contributed by atoms with Gasteiger partial charge in [-0.2, -0.15) is 8.78 Å². The Balaban J connectivity index is 1.71. The Bertz CT molecular complexity index is 1060. The fourth-order valence-corrected chi connectivity index (χ4v) is 2.66. The van der Waals surface area contributed by atoms with Crippen molar-refractivity contribution >= 4 is 0 Å². The number of pyridine rings is 1. The highest BCUT2D eigenvalue weighted by Gasteiger charge is 2.18. The summed E-state index contributed by atoms with van der Waals surface area (Å²) in [5.74, 6) is -1.05. The Hall–Kier alpha value is -3.49. The average molecular weight is 371 g/mol. The van der Waals surface area contributed by atoms with Crippen LogP contribution in [0.1, 0.15) is 17.9 Å². The predicted molar refractivity (Wildman–Crippen MR) is 89.2 cm³/mol.